The van der Waals surface area contributed by atoms with Crippen molar-refractivity contribution in [1.29, 1.82) is 0 Å². The molecule has 0 atom stereocenters. The predicted molar refractivity (Wildman–Crippen MR) is 113 cm³/mol. The second-order valence-corrected chi connectivity index (χ2v) is 11.2. The summed E-state index contributed by atoms with van der Waals surface area (Å²) in [6, 6.07) is 8.08. The molecule has 1 fully saturated rings. The minimum Gasteiger partial charge on any atom is -0.361 e. The standard InChI is InChI=1S/C21H31N3O3S/c1-21(2,3)28(26,27)24-17-10-8-15(9-11-17)20(25)22-13-12-16-14-23-19-7-5-4-6-18(16)19/h4-7,14-15,17,23-24H,8-13H2,1-3H3,(H,22,25)/t15-,17-. The maximum atomic E-state index is 12.5. The van der Waals surface area contributed by atoms with Gasteiger partial charge in [0.25, 0.3) is 0 Å². The molecule has 1 heterocycles. The number of hydrogen-bond donors (Lipinski definition) is 3. The topological polar surface area (TPSA) is 91.1 Å². The summed E-state index contributed by atoms with van der Waals surface area (Å²) < 4.78 is 26.6. The molecule has 1 aliphatic rings. The highest BCUT2D eigenvalue weighted by Gasteiger charge is 2.33. The number of nitrogens with one attached hydrogen (secondary N) is 3. The molecule has 1 saturated carbocycles. The van der Waals surface area contributed by atoms with Crippen molar-refractivity contribution in [3.8, 4) is 0 Å². The molecule has 1 amide bonds. The van der Waals surface area contributed by atoms with Crippen LogP contribution in [0.25, 0.3) is 10.9 Å². The average molecular weight is 406 g/mol. The van der Waals surface area contributed by atoms with Crippen LogP contribution in [0.4, 0.5) is 0 Å². The number of fused-ring (bicyclic) bond motifs is 1. The van der Waals surface area contributed by atoms with Gasteiger partial charge < -0.3 is 10.3 Å². The van der Waals surface area contributed by atoms with Crippen molar-refractivity contribution < 1.29 is 13.2 Å². The van der Waals surface area contributed by atoms with E-state index in [0.717, 1.165) is 24.8 Å². The summed E-state index contributed by atoms with van der Waals surface area (Å²) in [5.74, 6) is 0.0512. The van der Waals surface area contributed by atoms with Gasteiger partial charge in [-0.2, -0.15) is 0 Å². The van der Waals surface area contributed by atoms with Crippen LogP contribution in [0.3, 0.4) is 0 Å². The fourth-order valence-corrected chi connectivity index (χ4v) is 4.70. The molecule has 0 saturated heterocycles. The Hall–Kier alpha value is -1.86. The molecule has 6 nitrogen and oxygen atoms in total. The molecule has 0 bridgehead atoms. The average Bonchev–Trinajstić information content (AvgIpc) is 3.04. The molecule has 28 heavy (non-hydrogen) atoms. The minimum absolute atomic E-state index is 0.0293. The maximum Gasteiger partial charge on any atom is 0.223 e. The van der Waals surface area contributed by atoms with Crippen molar-refractivity contribution in [1.82, 2.24) is 15.0 Å². The SMILES string of the molecule is CC(C)(C)S(=O)(=O)N[C@H]1CC[C@H](C(=O)NCCc2c[nH]c3ccccc23)CC1. The van der Waals surface area contributed by atoms with Gasteiger partial charge in [-0.25, -0.2) is 13.1 Å². The van der Waals surface area contributed by atoms with Crippen molar-refractivity contribution in [3.05, 3.63) is 36.0 Å². The van der Waals surface area contributed by atoms with Gasteiger partial charge >= 0.3 is 0 Å². The Morgan fingerprint density at radius 1 is 1.14 bits per heavy atom. The van der Waals surface area contributed by atoms with Gasteiger partial charge in [0.15, 0.2) is 0 Å². The number of aromatic amines is 1. The number of amides is 1. The smallest absolute Gasteiger partial charge is 0.223 e. The third kappa shape index (κ3) is 4.75. The van der Waals surface area contributed by atoms with Crippen molar-refractivity contribution in [2.45, 2.75) is 63.7 Å². The first-order valence-corrected chi connectivity index (χ1v) is 11.5. The molecule has 2 aromatic rings. The van der Waals surface area contributed by atoms with Gasteiger partial charge in [-0.3, -0.25) is 4.79 Å². The van der Waals surface area contributed by atoms with Crippen molar-refractivity contribution in [2.75, 3.05) is 6.54 Å². The summed E-state index contributed by atoms with van der Waals surface area (Å²) in [5, 5.41) is 4.25. The molecule has 1 aliphatic carbocycles. The Bertz CT molecular complexity index is 920. The third-order valence-electron chi connectivity index (χ3n) is 5.59. The van der Waals surface area contributed by atoms with Crippen LogP contribution in [0.1, 0.15) is 52.0 Å². The van der Waals surface area contributed by atoms with Crippen LogP contribution in [0.2, 0.25) is 0 Å². The maximum absolute atomic E-state index is 12.5. The largest absolute Gasteiger partial charge is 0.361 e. The van der Waals surface area contributed by atoms with Crippen LogP contribution >= 0.6 is 0 Å². The molecule has 0 unspecified atom stereocenters. The summed E-state index contributed by atoms with van der Waals surface area (Å²) in [7, 11) is -3.35. The van der Waals surface area contributed by atoms with Crippen LogP contribution in [-0.2, 0) is 21.2 Å². The fraction of sp³-hybridized carbons (Fsp3) is 0.571. The summed E-state index contributed by atoms with van der Waals surface area (Å²) in [4.78, 5) is 15.7. The van der Waals surface area contributed by atoms with Gasteiger partial charge in [-0.1, -0.05) is 18.2 Å². The first-order chi connectivity index (χ1) is 13.2. The number of sulfonamides is 1. The van der Waals surface area contributed by atoms with E-state index in [1.54, 1.807) is 20.8 Å². The number of hydrogen-bond acceptors (Lipinski definition) is 3. The Morgan fingerprint density at radius 2 is 1.82 bits per heavy atom. The van der Waals surface area contributed by atoms with E-state index >= 15 is 0 Å². The van der Waals surface area contributed by atoms with Gasteiger partial charge in [-0.05, 0) is 64.5 Å². The molecule has 3 N–H and O–H groups in total. The van der Waals surface area contributed by atoms with Gasteiger partial charge in [0.05, 0.1) is 4.75 Å². The van der Waals surface area contributed by atoms with Crippen LogP contribution in [0, 0.1) is 5.92 Å². The highest BCUT2D eigenvalue weighted by molar-refractivity contribution is 7.90. The number of rotatable bonds is 6. The Labute approximate surface area is 167 Å². The normalized spacial score (nSPS) is 21.0. The lowest BCUT2D eigenvalue weighted by atomic mass is 9.86. The minimum atomic E-state index is -3.35. The van der Waals surface area contributed by atoms with E-state index in [9.17, 15) is 13.2 Å². The summed E-state index contributed by atoms with van der Waals surface area (Å²) in [6.45, 7) is 5.70. The summed E-state index contributed by atoms with van der Waals surface area (Å²) >= 11 is 0. The molecule has 1 aromatic heterocycles. The van der Waals surface area contributed by atoms with E-state index in [0.29, 0.717) is 19.4 Å². The molecule has 0 aliphatic heterocycles. The Morgan fingerprint density at radius 3 is 2.50 bits per heavy atom. The first-order valence-electron chi connectivity index (χ1n) is 10.0. The number of carbonyl (C=O) groups excluding carboxylic acids is 1. The second kappa shape index (κ2) is 8.25. The molecule has 154 valence electrons. The van der Waals surface area contributed by atoms with Gasteiger partial charge in [0, 0.05) is 35.6 Å². The highest BCUT2D eigenvalue weighted by Crippen LogP contribution is 2.26. The van der Waals surface area contributed by atoms with Gasteiger partial charge in [0.1, 0.15) is 0 Å². The lowest BCUT2D eigenvalue weighted by Gasteiger charge is -2.30. The van der Waals surface area contributed by atoms with Crippen molar-refractivity contribution in [2.24, 2.45) is 5.92 Å². The zero-order chi connectivity index (χ0) is 20.4. The quantitative estimate of drug-likeness (QED) is 0.690. The Kier molecular flexibility index (Phi) is 6.15. The lowest BCUT2D eigenvalue weighted by molar-refractivity contribution is -0.125. The first kappa shape index (κ1) is 20.9. The molecule has 0 spiro atoms. The van der Waals surface area contributed by atoms with E-state index < -0.39 is 14.8 Å². The number of benzene rings is 1. The van der Waals surface area contributed by atoms with Crippen molar-refractivity contribution >= 4 is 26.8 Å². The monoisotopic (exact) mass is 405 g/mol. The molecular formula is C21H31N3O3S. The van der Waals surface area contributed by atoms with Crippen LogP contribution in [0.15, 0.2) is 30.5 Å². The zero-order valence-corrected chi connectivity index (χ0v) is 17.7. The van der Waals surface area contributed by atoms with Gasteiger partial charge in [-0.15, -0.1) is 0 Å². The van der Waals surface area contributed by atoms with Gasteiger partial charge in [0.2, 0.25) is 15.9 Å². The van der Waals surface area contributed by atoms with Crippen molar-refractivity contribution in [3.63, 3.8) is 0 Å². The molecule has 0 radical (unpaired) electrons. The Balaban J connectivity index is 1.44. The summed E-state index contributed by atoms with van der Waals surface area (Å²) in [6.07, 6.45) is 5.64. The number of aromatic nitrogens is 1. The third-order valence-corrected chi connectivity index (χ3v) is 7.85. The summed E-state index contributed by atoms with van der Waals surface area (Å²) in [5.41, 5.74) is 2.32. The fourth-order valence-electron chi connectivity index (χ4n) is 3.67. The van der Waals surface area contributed by atoms with E-state index in [4.69, 9.17) is 0 Å². The van der Waals surface area contributed by atoms with E-state index in [1.165, 1.54) is 10.9 Å². The second-order valence-electron chi connectivity index (χ2n) is 8.68. The van der Waals surface area contributed by atoms with Crippen LogP contribution in [0.5, 0.6) is 0 Å². The number of H-pyrrole nitrogens is 1. The van der Waals surface area contributed by atoms with E-state index in [-0.39, 0.29) is 17.9 Å². The molecule has 7 heteroatoms. The lowest BCUT2D eigenvalue weighted by Crippen LogP contribution is -2.46. The van der Waals surface area contributed by atoms with E-state index in [1.807, 2.05) is 24.4 Å². The van der Waals surface area contributed by atoms with E-state index in [2.05, 4.69) is 21.1 Å². The van der Waals surface area contributed by atoms with Crippen LogP contribution in [-0.4, -0.2) is 36.6 Å². The van der Waals surface area contributed by atoms with Crippen LogP contribution < -0.4 is 10.0 Å². The molecular weight excluding hydrogens is 374 g/mol. The predicted octanol–water partition coefficient (Wildman–Crippen LogP) is 3.10. The number of carbonyl (C=O) groups is 1. The number of para-hydroxylation sites is 1. The zero-order valence-electron chi connectivity index (χ0n) is 16.9. The molecule has 3 rings (SSSR count). The molecule has 1 aromatic carbocycles. The highest BCUT2D eigenvalue weighted by atomic mass is 32.2.